The largest absolute Gasteiger partial charge is 0.417 e. The van der Waals surface area contributed by atoms with Crippen LogP contribution < -0.4 is 0 Å². The van der Waals surface area contributed by atoms with E-state index in [1.165, 1.54) is 12.1 Å². The van der Waals surface area contributed by atoms with Gasteiger partial charge in [0.2, 0.25) is 0 Å². The molecule has 10 rings (SSSR count). The van der Waals surface area contributed by atoms with E-state index in [9.17, 15) is 23.7 Å². The summed E-state index contributed by atoms with van der Waals surface area (Å²) in [6.45, 7) is 0. The second-order valence-corrected chi connectivity index (χ2v) is 14.9. The third-order valence-electron chi connectivity index (χ3n) is 11.2. The number of alkyl halides is 3. The summed E-state index contributed by atoms with van der Waals surface area (Å²) >= 11 is 0. The molecule has 0 spiro atoms. The summed E-state index contributed by atoms with van der Waals surface area (Å²) in [6.07, 6.45) is -4.63. The molecule has 0 bridgehead atoms. The third-order valence-corrected chi connectivity index (χ3v) is 11.2. The first-order valence-corrected chi connectivity index (χ1v) is 20.0. The van der Waals surface area contributed by atoms with Crippen molar-refractivity contribution in [3.05, 3.63) is 205 Å². The van der Waals surface area contributed by atoms with Crippen molar-refractivity contribution >= 4 is 21.8 Å². The van der Waals surface area contributed by atoms with E-state index in [2.05, 4.69) is 12.1 Å². The highest BCUT2D eigenvalue weighted by Gasteiger charge is 2.34. The number of hydrogen-bond donors (Lipinski definition) is 0. The second-order valence-electron chi connectivity index (χ2n) is 14.9. The van der Waals surface area contributed by atoms with Crippen LogP contribution in [0.25, 0.3) is 95.0 Å². The van der Waals surface area contributed by atoms with Crippen LogP contribution in [-0.2, 0) is 6.18 Å². The maximum Gasteiger partial charge on any atom is 0.417 e. The smallest absolute Gasteiger partial charge is 0.308 e. The number of hydrogen-bond acceptors (Lipinski definition) is 5. The average Bonchev–Trinajstić information content (AvgIpc) is 3.66. The van der Waals surface area contributed by atoms with Crippen molar-refractivity contribution < 1.29 is 13.2 Å². The Labute approximate surface area is 360 Å². The van der Waals surface area contributed by atoms with Gasteiger partial charge in [0.15, 0.2) is 17.5 Å². The number of aromatic nitrogens is 4. The molecule has 0 saturated carbocycles. The van der Waals surface area contributed by atoms with Crippen LogP contribution in [0.5, 0.6) is 0 Å². The van der Waals surface area contributed by atoms with Crippen molar-refractivity contribution in [1.29, 1.82) is 10.5 Å². The fourth-order valence-corrected chi connectivity index (χ4v) is 8.26. The normalized spacial score (nSPS) is 11.4. The Balaban J connectivity index is 1.34. The van der Waals surface area contributed by atoms with E-state index in [0.29, 0.717) is 45.4 Å². The minimum absolute atomic E-state index is 0.0106. The van der Waals surface area contributed by atoms with Gasteiger partial charge >= 0.3 is 6.18 Å². The third kappa shape index (κ3) is 7.04. The molecule has 10 aromatic rings. The number of fused-ring (bicyclic) bond motifs is 3. The molecule has 0 fully saturated rings. The molecule has 298 valence electrons. The highest BCUT2D eigenvalue weighted by molar-refractivity contribution is 6.12. The van der Waals surface area contributed by atoms with Crippen LogP contribution in [0, 0.1) is 22.7 Å². The highest BCUT2D eigenvalue weighted by atomic mass is 19.4. The van der Waals surface area contributed by atoms with E-state index in [0.717, 1.165) is 61.3 Å². The van der Waals surface area contributed by atoms with Crippen molar-refractivity contribution in [2.45, 2.75) is 6.18 Å². The number of rotatable bonds is 7. The molecular weight excluding hydrogens is 790 g/mol. The highest BCUT2D eigenvalue weighted by Crippen LogP contribution is 2.43. The standard InChI is InChI=1S/C54H31F3N6/c55-54(56,57)47-22-12-11-21-43(47)38-25-28-46(53-61-51(34-13-3-1-4-14-34)60-52(62-53)35-15-5-2-6-16-35)50(31-38)63-48-29-36(41-19-9-7-17-39(41)32-58)23-26-44(48)45-27-24-37(30-49(45)63)42-20-10-8-18-40(42)33-59/h1-31H. The van der Waals surface area contributed by atoms with Gasteiger partial charge < -0.3 is 4.57 Å². The lowest BCUT2D eigenvalue weighted by Gasteiger charge is -2.18. The van der Waals surface area contributed by atoms with E-state index >= 15 is 0 Å². The molecule has 2 heterocycles. The lowest BCUT2D eigenvalue weighted by Crippen LogP contribution is -2.07. The summed E-state index contributed by atoms with van der Waals surface area (Å²) in [5.74, 6) is 1.15. The molecule has 0 aliphatic rings. The summed E-state index contributed by atoms with van der Waals surface area (Å²) in [6, 6.07) is 61.2. The van der Waals surface area contributed by atoms with E-state index in [1.807, 2.05) is 138 Å². The monoisotopic (exact) mass is 820 g/mol. The fourth-order valence-electron chi connectivity index (χ4n) is 8.26. The van der Waals surface area contributed by atoms with Gasteiger partial charge in [-0.15, -0.1) is 0 Å². The molecular formula is C54H31F3N6. The zero-order chi connectivity index (χ0) is 43.1. The zero-order valence-corrected chi connectivity index (χ0v) is 33.2. The molecule has 0 N–H and O–H groups in total. The van der Waals surface area contributed by atoms with E-state index in [4.69, 9.17) is 15.0 Å². The van der Waals surface area contributed by atoms with E-state index in [1.54, 1.807) is 36.4 Å². The number of halogens is 3. The Hall–Kier alpha value is -8.66. The SMILES string of the molecule is N#Cc1ccccc1-c1ccc2c3ccc(-c4ccccc4C#N)cc3n(-c3cc(-c4ccccc4C(F)(F)F)ccc3-c3nc(-c4ccccc4)nc(-c4ccccc4)n3)c2c1. The van der Waals surface area contributed by atoms with Crippen molar-refractivity contribution in [2.24, 2.45) is 0 Å². The van der Waals surface area contributed by atoms with E-state index in [-0.39, 0.29) is 5.56 Å². The topological polar surface area (TPSA) is 91.2 Å². The predicted octanol–water partition coefficient (Wildman–Crippen LogP) is 13.7. The van der Waals surface area contributed by atoms with Gasteiger partial charge in [0.05, 0.1) is 45.5 Å². The van der Waals surface area contributed by atoms with Crippen molar-refractivity contribution in [3.8, 4) is 85.4 Å². The Morgan fingerprint density at radius 3 is 1.33 bits per heavy atom. The summed E-state index contributed by atoms with van der Waals surface area (Å²) in [5.41, 5.74) is 7.57. The van der Waals surface area contributed by atoms with Crippen LogP contribution in [0.15, 0.2) is 188 Å². The van der Waals surface area contributed by atoms with Crippen molar-refractivity contribution in [2.75, 3.05) is 0 Å². The molecule has 0 aliphatic carbocycles. The minimum atomic E-state index is -4.63. The molecule has 9 heteroatoms. The maximum atomic E-state index is 14.7. The Kier molecular flexibility index (Phi) is 9.63. The van der Waals surface area contributed by atoms with Gasteiger partial charge in [-0.05, 0) is 75.8 Å². The molecule has 63 heavy (non-hydrogen) atoms. The quantitative estimate of drug-likeness (QED) is 0.160. The first kappa shape index (κ1) is 38.5. The lowest BCUT2D eigenvalue weighted by atomic mass is 9.96. The Bertz CT molecular complexity index is 3300. The lowest BCUT2D eigenvalue weighted by molar-refractivity contribution is -0.137. The number of nitriles is 2. The zero-order valence-electron chi connectivity index (χ0n) is 33.2. The molecule has 0 aliphatic heterocycles. The molecule has 0 unspecified atom stereocenters. The van der Waals surface area contributed by atoms with Crippen LogP contribution in [-0.4, -0.2) is 19.5 Å². The minimum Gasteiger partial charge on any atom is -0.308 e. The Morgan fingerprint density at radius 2 is 0.825 bits per heavy atom. The molecule has 0 saturated heterocycles. The summed E-state index contributed by atoms with van der Waals surface area (Å²) in [4.78, 5) is 15.1. The summed E-state index contributed by atoms with van der Waals surface area (Å²) in [5, 5.41) is 22.0. The van der Waals surface area contributed by atoms with Crippen LogP contribution in [0.2, 0.25) is 0 Å². The maximum absolute atomic E-state index is 14.7. The molecule has 0 atom stereocenters. The predicted molar refractivity (Wildman–Crippen MR) is 241 cm³/mol. The van der Waals surface area contributed by atoms with Crippen LogP contribution in [0.4, 0.5) is 13.2 Å². The van der Waals surface area contributed by atoms with Gasteiger partial charge in [0.25, 0.3) is 0 Å². The van der Waals surface area contributed by atoms with Crippen molar-refractivity contribution in [1.82, 2.24) is 19.5 Å². The summed E-state index contributed by atoms with van der Waals surface area (Å²) in [7, 11) is 0. The summed E-state index contributed by atoms with van der Waals surface area (Å²) < 4.78 is 46.2. The first-order chi connectivity index (χ1) is 30.8. The number of nitrogens with zero attached hydrogens (tertiary/aromatic N) is 6. The van der Waals surface area contributed by atoms with Crippen LogP contribution in [0.3, 0.4) is 0 Å². The average molecular weight is 821 g/mol. The van der Waals surface area contributed by atoms with Gasteiger partial charge in [-0.2, -0.15) is 23.7 Å². The fraction of sp³-hybridized carbons (Fsp3) is 0.0185. The molecule has 0 radical (unpaired) electrons. The van der Waals surface area contributed by atoms with Gasteiger partial charge in [-0.1, -0.05) is 146 Å². The van der Waals surface area contributed by atoms with Gasteiger partial charge in [0.1, 0.15) is 0 Å². The van der Waals surface area contributed by atoms with E-state index < -0.39 is 11.7 Å². The van der Waals surface area contributed by atoms with Crippen LogP contribution in [0.1, 0.15) is 16.7 Å². The molecule has 8 aromatic carbocycles. The molecule has 2 aromatic heterocycles. The van der Waals surface area contributed by atoms with Gasteiger partial charge in [-0.25, -0.2) is 15.0 Å². The Morgan fingerprint density at radius 1 is 0.397 bits per heavy atom. The van der Waals surface area contributed by atoms with Gasteiger partial charge in [0, 0.05) is 27.5 Å². The molecule has 6 nitrogen and oxygen atoms in total. The first-order valence-electron chi connectivity index (χ1n) is 20.0. The number of benzene rings is 8. The van der Waals surface area contributed by atoms with Crippen molar-refractivity contribution in [3.63, 3.8) is 0 Å². The molecule has 0 amide bonds. The van der Waals surface area contributed by atoms with Gasteiger partial charge in [-0.3, -0.25) is 0 Å². The second kappa shape index (κ2) is 15.7. The van der Waals surface area contributed by atoms with Crippen LogP contribution >= 0.6 is 0 Å².